The molecule has 1 unspecified atom stereocenters. The Hall–Kier alpha value is -2.44. The number of nitrogens with one attached hydrogen (secondary N) is 2. The molecular formula is C19H27N4O3+. The van der Waals surface area contributed by atoms with Gasteiger partial charge in [0, 0.05) is 24.8 Å². The third-order valence-corrected chi connectivity index (χ3v) is 5.49. The summed E-state index contributed by atoms with van der Waals surface area (Å²) in [5.74, 6) is 0.425. The summed E-state index contributed by atoms with van der Waals surface area (Å²) in [6.07, 6.45) is 3.37. The summed E-state index contributed by atoms with van der Waals surface area (Å²) >= 11 is 0. The number of carbonyl (C=O) groups is 3. The maximum Gasteiger partial charge on any atom is 0.336 e. The van der Waals surface area contributed by atoms with Crippen molar-refractivity contribution in [2.24, 2.45) is 5.92 Å². The van der Waals surface area contributed by atoms with Crippen molar-refractivity contribution in [2.75, 3.05) is 11.4 Å². The average molecular weight is 359 g/mol. The number of pyridine rings is 1. The van der Waals surface area contributed by atoms with Gasteiger partial charge in [0.1, 0.15) is 12.1 Å². The smallest absolute Gasteiger partial charge is 0.336 e. The topological polar surface area (TPSA) is 82.4 Å². The van der Waals surface area contributed by atoms with Crippen LogP contribution in [0, 0.1) is 5.92 Å². The Morgan fingerprint density at radius 1 is 1.42 bits per heavy atom. The Kier molecular flexibility index (Phi) is 4.98. The molecule has 1 aromatic heterocycles. The standard InChI is InChI=1S/C19H26N4O3/c1-5-11(2)17(25)21-16-12(3)22-8-6-7-14-9-15(10-20-13(4)24)23(18(14)22)19(16)26/h6-8,11-12,15-16H,5,9-10H2,1-4H3,(H-,20,21,24,25)/p+1/t11-,12?,15+,16+/m1/s1. The summed E-state index contributed by atoms with van der Waals surface area (Å²) in [5, 5.41) is 5.76. The van der Waals surface area contributed by atoms with Crippen LogP contribution in [-0.4, -0.2) is 36.3 Å². The lowest BCUT2D eigenvalue weighted by molar-refractivity contribution is -0.711. The zero-order chi connectivity index (χ0) is 19.0. The first-order chi connectivity index (χ1) is 12.3. The van der Waals surface area contributed by atoms with Crippen LogP contribution in [0.5, 0.6) is 0 Å². The van der Waals surface area contributed by atoms with Crippen LogP contribution in [-0.2, 0) is 20.8 Å². The van der Waals surface area contributed by atoms with Gasteiger partial charge in [0.2, 0.25) is 11.8 Å². The molecule has 3 rings (SSSR count). The van der Waals surface area contributed by atoms with Gasteiger partial charge in [0.05, 0.1) is 12.7 Å². The highest BCUT2D eigenvalue weighted by Gasteiger charge is 2.53. The highest BCUT2D eigenvalue weighted by molar-refractivity contribution is 6.01. The van der Waals surface area contributed by atoms with Gasteiger partial charge in [-0.25, -0.2) is 9.36 Å². The van der Waals surface area contributed by atoms with Gasteiger partial charge in [-0.1, -0.05) is 13.8 Å². The fraction of sp³-hybridized carbons (Fsp3) is 0.579. The quantitative estimate of drug-likeness (QED) is 0.750. The number of aromatic nitrogens is 1. The van der Waals surface area contributed by atoms with Crippen LogP contribution in [0.3, 0.4) is 0 Å². The number of hydrogen-bond acceptors (Lipinski definition) is 3. The molecule has 0 aromatic carbocycles. The largest absolute Gasteiger partial charge is 0.352 e. The fourth-order valence-electron chi connectivity index (χ4n) is 3.74. The molecule has 2 N–H and O–H groups in total. The summed E-state index contributed by atoms with van der Waals surface area (Å²) in [6.45, 7) is 7.64. The molecule has 26 heavy (non-hydrogen) atoms. The second-order valence-electron chi connectivity index (χ2n) is 7.30. The minimum absolute atomic E-state index is 0.101. The van der Waals surface area contributed by atoms with Crippen LogP contribution in [0.15, 0.2) is 18.3 Å². The van der Waals surface area contributed by atoms with E-state index < -0.39 is 6.04 Å². The summed E-state index contributed by atoms with van der Waals surface area (Å²) in [5.41, 5.74) is 1.09. The van der Waals surface area contributed by atoms with E-state index in [1.165, 1.54) is 6.92 Å². The van der Waals surface area contributed by atoms with E-state index in [1.54, 1.807) is 4.90 Å². The molecule has 0 aliphatic carbocycles. The molecule has 0 fully saturated rings. The summed E-state index contributed by atoms with van der Waals surface area (Å²) in [4.78, 5) is 38.7. The van der Waals surface area contributed by atoms with Gasteiger partial charge < -0.3 is 10.6 Å². The monoisotopic (exact) mass is 359 g/mol. The summed E-state index contributed by atoms with van der Waals surface area (Å²) in [7, 11) is 0. The molecule has 140 valence electrons. The molecule has 1 aromatic rings. The third-order valence-electron chi connectivity index (χ3n) is 5.49. The minimum atomic E-state index is -0.609. The van der Waals surface area contributed by atoms with Crippen molar-refractivity contribution in [3.63, 3.8) is 0 Å². The van der Waals surface area contributed by atoms with Gasteiger partial charge in [-0.3, -0.25) is 9.59 Å². The van der Waals surface area contributed by atoms with Crippen LogP contribution >= 0.6 is 0 Å². The van der Waals surface area contributed by atoms with E-state index in [-0.39, 0.29) is 35.7 Å². The van der Waals surface area contributed by atoms with Crippen molar-refractivity contribution in [3.8, 4) is 0 Å². The Morgan fingerprint density at radius 3 is 2.81 bits per heavy atom. The highest BCUT2D eigenvalue weighted by Crippen LogP contribution is 2.34. The van der Waals surface area contributed by atoms with E-state index in [9.17, 15) is 14.4 Å². The normalized spacial score (nSPS) is 24.8. The Labute approximate surface area is 153 Å². The lowest BCUT2D eigenvalue weighted by Gasteiger charge is -2.33. The van der Waals surface area contributed by atoms with E-state index in [0.29, 0.717) is 13.0 Å². The average Bonchev–Trinajstić information content (AvgIpc) is 2.99. The predicted molar refractivity (Wildman–Crippen MR) is 96.4 cm³/mol. The Balaban J connectivity index is 1.93. The molecule has 2 aliphatic heterocycles. The van der Waals surface area contributed by atoms with Gasteiger partial charge in [-0.2, -0.15) is 4.90 Å². The van der Waals surface area contributed by atoms with Crippen molar-refractivity contribution in [1.29, 1.82) is 0 Å². The zero-order valence-electron chi connectivity index (χ0n) is 15.8. The summed E-state index contributed by atoms with van der Waals surface area (Å²) < 4.78 is 2.06. The van der Waals surface area contributed by atoms with Crippen LogP contribution in [0.4, 0.5) is 5.82 Å². The molecule has 7 nitrogen and oxygen atoms in total. The molecular weight excluding hydrogens is 332 g/mol. The number of anilines is 1. The zero-order valence-corrected chi connectivity index (χ0v) is 15.8. The lowest BCUT2D eigenvalue weighted by atomic mass is 10.0. The molecule has 3 heterocycles. The maximum absolute atomic E-state index is 13.2. The SMILES string of the molecule is CC[C@@H](C)C(=O)N[C@@H]1C(=O)N2c3c(ccc[n+]3C1C)C[C@H]2CNC(C)=O. The molecule has 2 aliphatic rings. The van der Waals surface area contributed by atoms with Crippen molar-refractivity contribution in [2.45, 2.75) is 58.7 Å². The summed E-state index contributed by atoms with van der Waals surface area (Å²) in [6, 6.07) is 3.08. The second kappa shape index (κ2) is 7.05. The predicted octanol–water partition coefficient (Wildman–Crippen LogP) is 0.473. The van der Waals surface area contributed by atoms with Crippen molar-refractivity contribution < 1.29 is 19.0 Å². The van der Waals surface area contributed by atoms with Crippen molar-refractivity contribution in [3.05, 3.63) is 23.9 Å². The molecule has 0 spiro atoms. The lowest BCUT2D eigenvalue weighted by Crippen LogP contribution is -2.66. The highest BCUT2D eigenvalue weighted by atomic mass is 16.2. The van der Waals surface area contributed by atoms with Crippen LogP contribution < -0.4 is 20.1 Å². The number of carbonyl (C=O) groups excluding carboxylic acids is 3. The third kappa shape index (κ3) is 3.06. The number of rotatable bonds is 5. The molecule has 7 heteroatoms. The maximum atomic E-state index is 13.2. The van der Waals surface area contributed by atoms with Crippen LogP contribution in [0.2, 0.25) is 0 Å². The van der Waals surface area contributed by atoms with Gasteiger partial charge in [0.15, 0.2) is 6.04 Å². The van der Waals surface area contributed by atoms with E-state index in [1.807, 2.05) is 39.1 Å². The van der Waals surface area contributed by atoms with Crippen LogP contribution in [0.25, 0.3) is 0 Å². The van der Waals surface area contributed by atoms with E-state index >= 15 is 0 Å². The number of nitrogens with zero attached hydrogens (tertiary/aromatic N) is 2. The first kappa shape index (κ1) is 18.4. The molecule has 4 atom stereocenters. The van der Waals surface area contributed by atoms with Crippen molar-refractivity contribution in [1.82, 2.24) is 10.6 Å². The van der Waals surface area contributed by atoms with Crippen LogP contribution in [0.1, 0.15) is 45.7 Å². The Bertz CT molecular complexity index is 748. The molecule has 0 saturated carbocycles. The van der Waals surface area contributed by atoms with Gasteiger partial charge in [-0.05, 0) is 25.5 Å². The molecule has 3 amide bonds. The molecule has 0 bridgehead atoms. The van der Waals surface area contributed by atoms with Gasteiger partial charge in [0.25, 0.3) is 5.82 Å². The van der Waals surface area contributed by atoms with Crippen molar-refractivity contribution >= 4 is 23.5 Å². The van der Waals surface area contributed by atoms with Gasteiger partial charge in [-0.15, -0.1) is 0 Å². The Morgan fingerprint density at radius 2 is 2.15 bits per heavy atom. The molecule has 0 saturated heterocycles. The van der Waals surface area contributed by atoms with E-state index in [0.717, 1.165) is 17.8 Å². The first-order valence-corrected chi connectivity index (χ1v) is 9.26. The number of amides is 3. The molecule has 0 radical (unpaired) electrons. The van der Waals surface area contributed by atoms with E-state index in [2.05, 4.69) is 15.2 Å². The fourth-order valence-corrected chi connectivity index (χ4v) is 3.74. The number of hydrogen-bond donors (Lipinski definition) is 2. The van der Waals surface area contributed by atoms with Gasteiger partial charge >= 0.3 is 5.91 Å². The minimum Gasteiger partial charge on any atom is -0.352 e. The first-order valence-electron chi connectivity index (χ1n) is 9.26. The van der Waals surface area contributed by atoms with E-state index in [4.69, 9.17) is 0 Å². The second-order valence-corrected chi connectivity index (χ2v) is 7.30.